The average molecular weight is 370 g/mol. The molecule has 0 saturated carbocycles. The Morgan fingerprint density at radius 3 is 2.46 bits per heavy atom. The molecule has 1 aromatic heterocycles. The van der Waals surface area contributed by atoms with Crippen molar-refractivity contribution in [2.45, 2.75) is 33.2 Å². The molecule has 0 aliphatic carbocycles. The van der Waals surface area contributed by atoms with E-state index in [2.05, 4.69) is 10.3 Å². The maximum atomic E-state index is 12.5. The van der Waals surface area contributed by atoms with Crippen molar-refractivity contribution in [1.29, 1.82) is 5.26 Å². The maximum Gasteiger partial charge on any atom is 0.257 e. The van der Waals surface area contributed by atoms with Gasteiger partial charge in [-0.3, -0.25) is 14.5 Å². The Balaban J connectivity index is 2.13. The molecule has 2 aromatic rings. The Morgan fingerprint density at radius 1 is 1.31 bits per heavy atom. The number of hydrogen-bond acceptors (Lipinski definition) is 5. The third-order valence-electron chi connectivity index (χ3n) is 3.85. The molecule has 0 aliphatic heterocycles. The topological polar surface area (TPSA) is 86.1 Å². The van der Waals surface area contributed by atoms with Gasteiger partial charge in [0.1, 0.15) is 6.04 Å². The molecule has 0 fully saturated rings. The van der Waals surface area contributed by atoms with E-state index in [1.165, 1.54) is 7.05 Å². The molecule has 0 bridgehead atoms. The van der Waals surface area contributed by atoms with Crippen molar-refractivity contribution < 1.29 is 9.59 Å². The molecule has 0 unspecified atom stereocenters. The lowest BCUT2D eigenvalue weighted by atomic mass is 10.0. The van der Waals surface area contributed by atoms with Gasteiger partial charge < -0.3 is 5.32 Å². The van der Waals surface area contributed by atoms with Crippen molar-refractivity contribution in [1.82, 2.24) is 15.2 Å². The maximum absolute atomic E-state index is 12.5. The lowest BCUT2D eigenvalue weighted by Gasteiger charge is -2.21. The van der Waals surface area contributed by atoms with Crippen molar-refractivity contribution in [3.05, 3.63) is 40.2 Å². The monoisotopic (exact) mass is 370 g/mol. The summed E-state index contributed by atoms with van der Waals surface area (Å²) in [6.45, 7) is 5.87. The number of nitrogens with one attached hydrogen (secondary N) is 1. The molecule has 1 N–H and O–H groups in total. The normalized spacial score (nSPS) is 11.7. The fourth-order valence-electron chi connectivity index (χ4n) is 2.51. The number of carbonyl (C=O) groups excluding carboxylic acids is 2. The second-order valence-corrected chi connectivity index (χ2v) is 7.54. The van der Waals surface area contributed by atoms with E-state index in [9.17, 15) is 9.59 Å². The zero-order valence-electron chi connectivity index (χ0n) is 15.3. The molecular formula is C19H22N4O2S. The molecule has 2 rings (SSSR count). The highest BCUT2D eigenvalue weighted by Crippen LogP contribution is 2.22. The van der Waals surface area contributed by atoms with Crippen LogP contribution in [0.2, 0.25) is 0 Å². The third kappa shape index (κ3) is 4.90. The van der Waals surface area contributed by atoms with E-state index >= 15 is 0 Å². The van der Waals surface area contributed by atoms with Crippen molar-refractivity contribution >= 4 is 23.2 Å². The first-order valence-corrected chi connectivity index (χ1v) is 9.20. The van der Waals surface area contributed by atoms with E-state index in [0.29, 0.717) is 12.0 Å². The third-order valence-corrected chi connectivity index (χ3v) is 4.63. The lowest BCUT2D eigenvalue weighted by molar-refractivity contribution is -0.129. The molecule has 7 heteroatoms. The Labute approximate surface area is 157 Å². The number of hydrogen-bond donors (Lipinski definition) is 1. The first kappa shape index (κ1) is 19.6. The molecule has 1 atom stereocenters. The number of carbonyl (C=O) groups is 2. The largest absolute Gasteiger partial charge is 0.340 e. The molecule has 0 saturated heterocycles. The molecule has 1 heterocycles. The highest BCUT2D eigenvalue weighted by Gasteiger charge is 2.25. The van der Waals surface area contributed by atoms with Crippen LogP contribution in [0.1, 0.15) is 35.6 Å². The van der Waals surface area contributed by atoms with Crippen LogP contribution in [0.15, 0.2) is 29.6 Å². The number of aryl methyl sites for hydroxylation is 1. The number of benzene rings is 1. The van der Waals surface area contributed by atoms with Crippen molar-refractivity contribution in [3.63, 3.8) is 0 Å². The van der Waals surface area contributed by atoms with E-state index in [1.54, 1.807) is 29.7 Å². The fourth-order valence-corrected chi connectivity index (χ4v) is 3.13. The minimum Gasteiger partial charge on any atom is -0.340 e. The van der Waals surface area contributed by atoms with Crippen molar-refractivity contribution in [2.24, 2.45) is 5.92 Å². The first-order chi connectivity index (χ1) is 12.3. The van der Waals surface area contributed by atoms with Gasteiger partial charge in [-0.2, -0.15) is 5.26 Å². The van der Waals surface area contributed by atoms with E-state index in [-0.39, 0.29) is 11.8 Å². The Bertz CT molecular complexity index is 821. The van der Waals surface area contributed by atoms with Gasteiger partial charge in [-0.1, -0.05) is 26.0 Å². The minimum atomic E-state index is -0.729. The fraction of sp³-hybridized carbons (Fsp3) is 0.368. The quantitative estimate of drug-likeness (QED) is 0.625. The summed E-state index contributed by atoms with van der Waals surface area (Å²) in [5.74, 6) is -0.549. The van der Waals surface area contributed by atoms with E-state index in [0.717, 1.165) is 21.2 Å². The zero-order chi connectivity index (χ0) is 19.3. The molecule has 0 aliphatic rings. The highest BCUT2D eigenvalue weighted by atomic mass is 32.1. The molecule has 0 spiro atoms. The van der Waals surface area contributed by atoms with Gasteiger partial charge in [-0.05, 0) is 31.4 Å². The van der Waals surface area contributed by atoms with Crippen LogP contribution in [-0.4, -0.2) is 34.8 Å². The van der Waals surface area contributed by atoms with Crippen molar-refractivity contribution in [2.75, 3.05) is 7.05 Å². The first-order valence-electron chi connectivity index (χ1n) is 8.32. The predicted molar refractivity (Wildman–Crippen MR) is 101 cm³/mol. The van der Waals surface area contributed by atoms with Crippen LogP contribution < -0.4 is 5.32 Å². The van der Waals surface area contributed by atoms with Crippen LogP contribution in [0.5, 0.6) is 0 Å². The molecule has 136 valence electrons. The molecule has 26 heavy (non-hydrogen) atoms. The van der Waals surface area contributed by atoms with Crippen LogP contribution >= 0.6 is 11.3 Å². The second-order valence-electron chi connectivity index (χ2n) is 6.48. The van der Waals surface area contributed by atoms with E-state index < -0.39 is 11.9 Å². The van der Waals surface area contributed by atoms with Gasteiger partial charge in [-0.15, -0.1) is 11.3 Å². The Kier molecular flexibility index (Phi) is 6.47. The van der Waals surface area contributed by atoms with Gasteiger partial charge in [-0.25, -0.2) is 4.98 Å². The molecule has 6 nitrogen and oxygen atoms in total. The number of nitriles is 1. The smallest absolute Gasteiger partial charge is 0.257 e. The molecule has 1 aromatic carbocycles. The summed E-state index contributed by atoms with van der Waals surface area (Å²) < 4.78 is 0. The second kappa shape index (κ2) is 8.59. The summed E-state index contributed by atoms with van der Waals surface area (Å²) in [6.07, 6.45) is 2.25. The van der Waals surface area contributed by atoms with Gasteiger partial charge in [0.15, 0.2) is 6.19 Å². The summed E-state index contributed by atoms with van der Waals surface area (Å²) in [4.78, 5) is 30.2. The number of aromatic nitrogens is 1. The molecular weight excluding hydrogens is 348 g/mol. The Morgan fingerprint density at radius 2 is 1.96 bits per heavy atom. The number of thiazole rings is 1. The van der Waals surface area contributed by atoms with Crippen LogP contribution in [0.3, 0.4) is 0 Å². The number of nitrogens with zero attached hydrogens (tertiary/aromatic N) is 3. The van der Waals surface area contributed by atoms with E-state index in [4.69, 9.17) is 5.26 Å². The van der Waals surface area contributed by atoms with Gasteiger partial charge in [0.2, 0.25) is 0 Å². The van der Waals surface area contributed by atoms with Crippen LogP contribution in [0, 0.1) is 24.3 Å². The number of likely N-dealkylation sites (N-methyl/N-ethyl adjacent to an activating group) is 1. The molecule has 0 radical (unpaired) electrons. The zero-order valence-corrected chi connectivity index (χ0v) is 16.1. The predicted octanol–water partition coefficient (Wildman–Crippen LogP) is 3.20. The minimum absolute atomic E-state index is 0.201. The van der Waals surface area contributed by atoms with Gasteiger partial charge in [0.05, 0.1) is 10.7 Å². The van der Waals surface area contributed by atoms with Crippen molar-refractivity contribution in [3.8, 4) is 17.5 Å². The van der Waals surface area contributed by atoms with Crippen LogP contribution in [0.25, 0.3) is 11.3 Å². The number of amides is 2. The highest BCUT2D eigenvalue weighted by molar-refractivity contribution is 7.09. The van der Waals surface area contributed by atoms with Gasteiger partial charge in [0, 0.05) is 23.6 Å². The lowest BCUT2D eigenvalue weighted by Crippen LogP contribution is -2.46. The summed E-state index contributed by atoms with van der Waals surface area (Å²) in [5.41, 5.74) is 2.27. The van der Waals surface area contributed by atoms with Crippen LogP contribution in [0.4, 0.5) is 0 Å². The standard InChI is InChI=1S/C19H22N4O2S/c1-12(2)9-16(19(25)23(4)11-20)22-18(24)15-7-5-14(6-8-15)17-10-26-13(3)21-17/h5-8,10,12,16H,9H2,1-4H3,(H,22,24)/t16-/m0/s1. The Hall–Kier alpha value is -2.72. The number of rotatable bonds is 6. The van der Waals surface area contributed by atoms with E-state index in [1.807, 2.05) is 38.3 Å². The summed E-state index contributed by atoms with van der Waals surface area (Å²) in [5, 5.41) is 14.6. The molecule has 2 amide bonds. The van der Waals surface area contributed by atoms with Crippen LogP contribution in [-0.2, 0) is 4.79 Å². The summed E-state index contributed by atoms with van der Waals surface area (Å²) in [6, 6.07) is 6.37. The average Bonchev–Trinajstić information content (AvgIpc) is 3.06. The SMILES string of the molecule is Cc1nc(-c2ccc(C(=O)N[C@@H](CC(C)C)C(=O)N(C)C#N)cc2)cs1. The summed E-state index contributed by atoms with van der Waals surface area (Å²) in [7, 11) is 1.40. The summed E-state index contributed by atoms with van der Waals surface area (Å²) >= 11 is 1.57. The van der Waals surface area contributed by atoms with Gasteiger partial charge in [0.25, 0.3) is 11.8 Å². The van der Waals surface area contributed by atoms with Gasteiger partial charge >= 0.3 is 0 Å².